The van der Waals surface area contributed by atoms with Crippen LogP contribution in [0.25, 0.3) is 0 Å². The van der Waals surface area contributed by atoms with Crippen LogP contribution in [-0.2, 0) is 10.2 Å². The Kier molecular flexibility index (Phi) is 8.57. The molecular formula is C27H35FN2O2S. The summed E-state index contributed by atoms with van der Waals surface area (Å²) < 4.78 is 13.4. The molecule has 0 aromatic heterocycles. The lowest BCUT2D eigenvalue weighted by atomic mass is 9.86. The molecule has 2 unspecified atom stereocenters. The number of hydrogen-bond donors (Lipinski definition) is 1. The van der Waals surface area contributed by atoms with Crippen molar-refractivity contribution in [1.29, 1.82) is 0 Å². The molecule has 2 aromatic carbocycles. The third-order valence-electron chi connectivity index (χ3n) is 6.02. The molecule has 0 spiro atoms. The monoisotopic (exact) mass is 470 g/mol. The largest absolute Gasteiger partial charge is 0.354 e. The van der Waals surface area contributed by atoms with Gasteiger partial charge in [-0.3, -0.25) is 9.59 Å². The summed E-state index contributed by atoms with van der Waals surface area (Å²) in [4.78, 5) is 28.2. The molecule has 1 aliphatic rings. The van der Waals surface area contributed by atoms with Gasteiger partial charge >= 0.3 is 0 Å². The lowest BCUT2D eigenvalue weighted by molar-refractivity contribution is -0.124. The van der Waals surface area contributed by atoms with Crippen molar-refractivity contribution in [3.05, 3.63) is 71.0 Å². The van der Waals surface area contributed by atoms with Gasteiger partial charge in [0.05, 0.1) is 0 Å². The summed E-state index contributed by atoms with van der Waals surface area (Å²) in [5, 5.41) is 2.75. The Hall–Kier alpha value is -2.34. The molecule has 0 aliphatic carbocycles. The fourth-order valence-corrected chi connectivity index (χ4v) is 5.41. The second-order valence-electron chi connectivity index (χ2n) is 9.64. The highest BCUT2D eigenvalue weighted by Gasteiger charge is 2.42. The van der Waals surface area contributed by atoms with Crippen LogP contribution in [0, 0.1) is 5.82 Å². The Morgan fingerprint density at radius 3 is 2.30 bits per heavy atom. The quantitative estimate of drug-likeness (QED) is 0.476. The number of halogens is 1. The second-order valence-corrected chi connectivity index (χ2v) is 10.8. The Labute approximate surface area is 201 Å². The summed E-state index contributed by atoms with van der Waals surface area (Å²) in [6.07, 6.45) is 4.31. The maximum atomic E-state index is 13.5. The molecule has 1 fully saturated rings. The van der Waals surface area contributed by atoms with Crippen molar-refractivity contribution in [2.45, 2.75) is 70.2 Å². The van der Waals surface area contributed by atoms with E-state index < -0.39 is 11.9 Å². The van der Waals surface area contributed by atoms with Crippen molar-refractivity contribution >= 4 is 23.6 Å². The van der Waals surface area contributed by atoms with Crippen molar-refractivity contribution in [2.24, 2.45) is 0 Å². The Morgan fingerprint density at radius 2 is 1.70 bits per heavy atom. The minimum Gasteiger partial charge on any atom is -0.354 e. The number of carbonyl (C=O) groups is 2. The number of unbranched alkanes of at least 4 members (excludes halogenated alkanes) is 3. The van der Waals surface area contributed by atoms with Crippen molar-refractivity contribution in [3.8, 4) is 0 Å². The molecule has 1 heterocycles. The maximum absolute atomic E-state index is 13.5. The van der Waals surface area contributed by atoms with E-state index in [2.05, 4.69) is 45.1 Å². The number of nitrogens with one attached hydrogen (secondary N) is 1. The Morgan fingerprint density at radius 1 is 1.03 bits per heavy atom. The smallest absolute Gasteiger partial charge is 0.255 e. The first-order valence-corrected chi connectivity index (χ1v) is 12.8. The molecule has 178 valence electrons. The van der Waals surface area contributed by atoms with E-state index in [0.717, 1.165) is 31.2 Å². The topological polar surface area (TPSA) is 49.4 Å². The highest BCUT2D eigenvalue weighted by molar-refractivity contribution is 7.99. The molecule has 0 bridgehead atoms. The minimum absolute atomic E-state index is 0.0329. The van der Waals surface area contributed by atoms with E-state index in [1.165, 1.54) is 29.8 Å². The molecule has 2 atom stereocenters. The number of amides is 2. The molecule has 3 rings (SSSR count). The fourth-order valence-electron chi connectivity index (χ4n) is 3.98. The highest BCUT2D eigenvalue weighted by Crippen LogP contribution is 2.42. The van der Waals surface area contributed by atoms with Gasteiger partial charge in [0.15, 0.2) is 0 Å². The lowest BCUT2D eigenvalue weighted by Crippen LogP contribution is -2.48. The molecule has 0 radical (unpaired) electrons. The second kappa shape index (κ2) is 11.2. The SMILES string of the molecule is CCCCCCNC(=O)C1CSC(c2ccc(C(C)(C)C)cc2)N1C(=O)c1ccc(F)cc1. The molecule has 33 heavy (non-hydrogen) atoms. The summed E-state index contributed by atoms with van der Waals surface area (Å²) in [6.45, 7) is 9.26. The van der Waals surface area contributed by atoms with Crippen LogP contribution >= 0.6 is 11.8 Å². The molecular weight excluding hydrogens is 435 g/mol. The molecule has 0 saturated carbocycles. The van der Waals surface area contributed by atoms with E-state index in [-0.39, 0.29) is 22.6 Å². The number of benzene rings is 2. The first kappa shape index (κ1) is 25.3. The molecule has 2 amide bonds. The van der Waals surface area contributed by atoms with Crippen molar-refractivity contribution in [2.75, 3.05) is 12.3 Å². The first-order chi connectivity index (χ1) is 15.7. The summed E-state index contributed by atoms with van der Waals surface area (Å²) in [5.41, 5.74) is 2.62. The molecule has 4 nitrogen and oxygen atoms in total. The summed E-state index contributed by atoms with van der Waals surface area (Å²) in [7, 11) is 0. The third kappa shape index (κ3) is 6.38. The van der Waals surface area contributed by atoms with Crippen LogP contribution in [-0.4, -0.2) is 35.1 Å². The zero-order valence-corrected chi connectivity index (χ0v) is 20.9. The van der Waals surface area contributed by atoms with Gasteiger partial charge in [0, 0.05) is 17.9 Å². The van der Waals surface area contributed by atoms with Gasteiger partial charge in [0.25, 0.3) is 5.91 Å². The van der Waals surface area contributed by atoms with Gasteiger partial charge in [-0.2, -0.15) is 0 Å². The van der Waals surface area contributed by atoms with E-state index in [1.54, 1.807) is 16.7 Å². The Bertz CT molecular complexity index is 938. The highest BCUT2D eigenvalue weighted by atomic mass is 32.2. The van der Waals surface area contributed by atoms with Crippen molar-refractivity contribution in [3.63, 3.8) is 0 Å². The van der Waals surface area contributed by atoms with Gasteiger partial charge in [0.1, 0.15) is 17.2 Å². The molecule has 1 N–H and O–H groups in total. The average Bonchev–Trinajstić information content (AvgIpc) is 3.23. The molecule has 6 heteroatoms. The Balaban J connectivity index is 1.83. The van der Waals surface area contributed by atoms with Gasteiger partial charge in [-0.05, 0) is 47.2 Å². The zero-order chi connectivity index (χ0) is 24.0. The van der Waals surface area contributed by atoms with Crippen molar-refractivity contribution < 1.29 is 14.0 Å². The number of rotatable bonds is 8. The lowest BCUT2D eigenvalue weighted by Gasteiger charge is -2.29. The van der Waals surface area contributed by atoms with E-state index in [4.69, 9.17) is 0 Å². The fraction of sp³-hybridized carbons (Fsp3) is 0.481. The van der Waals surface area contributed by atoms with Gasteiger partial charge in [-0.15, -0.1) is 11.8 Å². The minimum atomic E-state index is -0.564. The molecule has 1 saturated heterocycles. The summed E-state index contributed by atoms with van der Waals surface area (Å²) in [6, 6.07) is 13.3. The average molecular weight is 471 g/mol. The van der Waals surface area contributed by atoms with E-state index in [9.17, 15) is 14.0 Å². The van der Waals surface area contributed by atoms with Crippen LogP contribution in [0.2, 0.25) is 0 Å². The standard InChI is InChI=1S/C27H35FN2O2S/c1-5-6-7-8-17-29-24(31)23-18-33-26(20-9-13-21(14-10-20)27(2,3)4)30(23)25(32)19-11-15-22(28)16-12-19/h9-16,23,26H,5-8,17-18H2,1-4H3,(H,29,31). The van der Waals surface area contributed by atoms with Crippen LogP contribution in [0.15, 0.2) is 48.5 Å². The van der Waals surface area contributed by atoms with Crippen LogP contribution < -0.4 is 5.32 Å². The zero-order valence-electron chi connectivity index (χ0n) is 20.1. The normalized spacial score (nSPS) is 18.4. The van der Waals surface area contributed by atoms with Crippen molar-refractivity contribution in [1.82, 2.24) is 10.2 Å². The number of nitrogens with zero attached hydrogens (tertiary/aromatic N) is 1. The van der Waals surface area contributed by atoms with Gasteiger partial charge in [0.2, 0.25) is 5.91 Å². The summed E-state index contributed by atoms with van der Waals surface area (Å²) in [5.74, 6) is -0.239. The first-order valence-electron chi connectivity index (χ1n) is 11.8. The van der Waals surface area contributed by atoms with Crippen LogP contribution in [0.4, 0.5) is 4.39 Å². The van der Waals surface area contributed by atoms with Crippen LogP contribution in [0.5, 0.6) is 0 Å². The van der Waals surface area contributed by atoms with Gasteiger partial charge in [-0.1, -0.05) is 71.2 Å². The van der Waals surface area contributed by atoms with E-state index in [0.29, 0.717) is 17.9 Å². The third-order valence-corrected chi connectivity index (χ3v) is 7.34. The predicted octanol–water partition coefficient (Wildman–Crippen LogP) is 6.08. The number of hydrogen-bond acceptors (Lipinski definition) is 3. The number of carbonyl (C=O) groups excluding carboxylic acids is 2. The van der Waals surface area contributed by atoms with E-state index in [1.807, 2.05) is 12.1 Å². The van der Waals surface area contributed by atoms with Gasteiger partial charge < -0.3 is 10.2 Å². The van der Waals surface area contributed by atoms with Crippen LogP contribution in [0.1, 0.15) is 80.2 Å². The maximum Gasteiger partial charge on any atom is 0.255 e. The van der Waals surface area contributed by atoms with E-state index >= 15 is 0 Å². The van der Waals surface area contributed by atoms with Crippen LogP contribution in [0.3, 0.4) is 0 Å². The molecule has 2 aromatic rings. The van der Waals surface area contributed by atoms with Gasteiger partial charge in [-0.25, -0.2) is 4.39 Å². The number of thioether (sulfide) groups is 1. The summed E-state index contributed by atoms with van der Waals surface area (Å²) >= 11 is 1.60. The predicted molar refractivity (Wildman–Crippen MR) is 134 cm³/mol. The molecule has 1 aliphatic heterocycles.